The normalized spacial score (nSPS) is 15.6. The molecule has 1 fully saturated rings. The van der Waals surface area contributed by atoms with Crippen LogP contribution in [0.3, 0.4) is 0 Å². The van der Waals surface area contributed by atoms with Crippen LogP contribution in [0.4, 0.5) is 0 Å². The van der Waals surface area contributed by atoms with Crippen molar-refractivity contribution in [1.29, 1.82) is 0 Å². The maximum Gasteiger partial charge on any atom is 0.251 e. The van der Waals surface area contributed by atoms with Crippen LogP contribution in [0.15, 0.2) is 36.4 Å². The van der Waals surface area contributed by atoms with Gasteiger partial charge in [0.1, 0.15) is 12.4 Å². The van der Waals surface area contributed by atoms with Gasteiger partial charge in [-0.15, -0.1) is 0 Å². The van der Waals surface area contributed by atoms with E-state index in [0.717, 1.165) is 42.7 Å². The van der Waals surface area contributed by atoms with E-state index < -0.39 is 0 Å². The Labute approximate surface area is 211 Å². The van der Waals surface area contributed by atoms with Crippen LogP contribution in [0, 0.1) is 0 Å². The van der Waals surface area contributed by atoms with E-state index in [1.165, 1.54) is 21.3 Å². The summed E-state index contributed by atoms with van der Waals surface area (Å²) in [6.45, 7) is 3.50. The smallest absolute Gasteiger partial charge is 0.251 e. The molecule has 2 heterocycles. The molecule has 1 N–H and O–H groups in total. The number of imidazole rings is 1. The zero-order valence-corrected chi connectivity index (χ0v) is 21.4. The van der Waals surface area contributed by atoms with E-state index in [9.17, 15) is 9.59 Å². The summed E-state index contributed by atoms with van der Waals surface area (Å²) in [6.07, 6.45) is 3.72. The molecule has 1 aromatic heterocycles. The van der Waals surface area contributed by atoms with Crippen molar-refractivity contribution in [2.24, 2.45) is 0 Å². The Morgan fingerprint density at radius 3 is 2.44 bits per heavy atom. The van der Waals surface area contributed by atoms with Gasteiger partial charge in [-0.2, -0.15) is 0 Å². The highest BCUT2D eigenvalue weighted by Gasteiger charge is 2.25. The molecule has 36 heavy (non-hydrogen) atoms. The molecule has 0 spiro atoms. The lowest BCUT2D eigenvalue weighted by atomic mass is 10.0. The third-order valence-corrected chi connectivity index (χ3v) is 6.71. The third-order valence-electron chi connectivity index (χ3n) is 6.71. The van der Waals surface area contributed by atoms with Gasteiger partial charge in [0.05, 0.1) is 32.4 Å². The lowest BCUT2D eigenvalue weighted by Crippen LogP contribution is -2.43. The number of hydrogen-bond donors (Lipinski definition) is 1. The molecule has 0 bridgehead atoms. The number of benzene rings is 2. The Morgan fingerprint density at radius 1 is 1.06 bits per heavy atom. The van der Waals surface area contributed by atoms with Crippen molar-refractivity contribution < 1.29 is 23.8 Å². The van der Waals surface area contributed by atoms with Gasteiger partial charge in [0.25, 0.3) is 5.91 Å². The van der Waals surface area contributed by atoms with E-state index in [-0.39, 0.29) is 24.4 Å². The molecule has 0 aliphatic carbocycles. The third kappa shape index (κ3) is 5.24. The molecule has 192 valence electrons. The Morgan fingerprint density at radius 2 is 1.78 bits per heavy atom. The van der Waals surface area contributed by atoms with Gasteiger partial charge >= 0.3 is 0 Å². The second-order valence-electron chi connectivity index (χ2n) is 8.95. The van der Waals surface area contributed by atoms with Gasteiger partial charge in [0.2, 0.25) is 11.7 Å². The minimum Gasteiger partial charge on any atom is -0.493 e. The van der Waals surface area contributed by atoms with Crippen LogP contribution in [0.2, 0.25) is 0 Å². The van der Waals surface area contributed by atoms with Crippen molar-refractivity contribution in [1.82, 2.24) is 19.8 Å². The topological polar surface area (TPSA) is 94.9 Å². The summed E-state index contributed by atoms with van der Waals surface area (Å²) in [5.74, 6) is 1.85. The van der Waals surface area contributed by atoms with Gasteiger partial charge in [0.15, 0.2) is 11.5 Å². The van der Waals surface area contributed by atoms with E-state index in [4.69, 9.17) is 19.2 Å². The number of nitrogens with one attached hydrogen (secondary N) is 1. The van der Waals surface area contributed by atoms with E-state index in [1.807, 2.05) is 33.7 Å². The fourth-order valence-electron chi connectivity index (χ4n) is 4.79. The van der Waals surface area contributed by atoms with Crippen molar-refractivity contribution in [2.45, 2.75) is 45.2 Å². The Kier molecular flexibility index (Phi) is 7.97. The maximum absolute atomic E-state index is 13.2. The summed E-state index contributed by atoms with van der Waals surface area (Å²) in [7, 11) is 4.54. The minimum atomic E-state index is -0.268. The average Bonchev–Trinajstić information content (AvgIpc) is 3.24. The number of para-hydroxylation sites is 2. The SMILES string of the molecule is COc1cc(C(=O)NCCc2nc3ccccc3n2CC(=O)N2CCCCC2C)cc(OC)c1OC. The molecule has 0 saturated carbocycles. The van der Waals surface area contributed by atoms with Gasteiger partial charge in [-0.1, -0.05) is 12.1 Å². The van der Waals surface area contributed by atoms with Crippen molar-refractivity contribution in [2.75, 3.05) is 34.4 Å². The molecule has 9 heteroatoms. The van der Waals surface area contributed by atoms with Crippen LogP contribution < -0.4 is 19.5 Å². The largest absolute Gasteiger partial charge is 0.493 e. The average molecular weight is 495 g/mol. The van der Waals surface area contributed by atoms with E-state index in [2.05, 4.69) is 12.2 Å². The van der Waals surface area contributed by atoms with Crippen LogP contribution in [0.25, 0.3) is 11.0 Å². The summed E-state index contributed by atoms with van der Waals surface area (Å²) in [5.41, 5.74) is 2.15. The number of hydrogen-bond acceptors (Lipinski definition) is 6. The van der Waals surface area contributed by atoms with Crippen LogP contribution >= 0.6 is 0 Å². The summed E-state index contributed by atoms with van der Waals surface area (Å²) in [6, 6.07) is 11.3. The van der Waals surface area contributed by atoms with Crippen LogP contribution in [-0.4, -0.2) is 66.7 Å². The maximum atomic E-state index is 13.2. The fraction of sp³-hybridized carbons (Fsp3) is 0.444. The van der Waals surface area contributed by atoms with Gasteiger partial charge in [0, 0.05) is 31.1 Å². The highest BCUT2D eigenvalue weighted by atomic mass is 16.5. The predicted octanol–water partition coefficient (Wildman–Crippen LogP) is 3.44. The Hall–Kier alpha value is -3.75. The number of carbonyl (C=O) groups is 2. The molecule has 3 aromatic rings. The number of fused-ring (bicyclic) bond motifs is 1. The number of likely N-dealkylation sites (tertiary alicyclic amines) is 1. The molecule has 1 unspecified atom stereocenters. The van der Waals surface area contributed by atoms with Crippen LogP contribution in [-0.2, 0) is 17.8 Å². The number of carbonyl (C=O) groups excluding carboxylic acids is 2. The number of ether oxygens (including phenoxy) is 3. The number of rotatable bonds is 9. The van der Waals surface area contributed by atoms with Gasteiger partial charge in [-0.3, -0.25) is 9.59 Å². The molecule has 1 atom stereocenters. The molecular weight excluding hydrogens is 460 g/mol. The molecule has 0 radical (unpaired) electrons. The highest BCUT2D eigenvalue weighted by Crippen LogP contribution is 2.38. The first kappa shape index (κ1) is 25.3. The summed E-state index contributed by atoms with van der Waals surface area (Å²) >= 11 is 0. The summed E-state index contributed by atoms with van der Waals surface area (Å²) in [5, 5.41) is 2.94. The van der Waals surface area contributed by atoms with Gasteiger partial charge in [-0.25, -0.2) is 4.98 Å². The number of piperidine rings is 1. The predicted molar refractivity (Wildman–Crippen MR) is 137 cm³/mol. The lowest BCUT2D eigenvalue weighted by Gasteiger charge is -2.33. The van der Waals surface area contributed by atoms with Gasteiger partial charge < -0.3 is 29.0 Å². The second-order valence-corrected chi connectivity index (χ2v) is 8.95. The van der Waals surface area contributed by atoms with Crippen molar-refractivity contribution >= 4 is 22.8 Å². The molecule has 1 aliphatic rings. The number of nitrogens with zero attached hydrogens (tertiary/aromatic N) is 3. The van der Waals surface area contributed by atoms with E-state index >= 15 is 0 Å². The Bertz CT molecular complexity index is 1210. The molecule has 2 aromatic carbocycles. The standard InChI is InChI=1S/C27H34N4O5/c1-18-9-7-8-14-30(18)25(32)17-31-21-11-6-5-10-20(21)29-24(31)12-13-28-27(33)19-15-22(34-2)26(36-4)23(16-19)35-3/h5-6,10-11,15-16,18H,7-9,12-14,17H2,1-4H3,(H,28,33). The summed E-state index contributed by atoms with van der Waals surface area (Å²) < 4.78 is 18.0. The first-order chi connectivity index (χ1) is 17.5. The molecule has 4 rings (SSSR count). The zero-order chi connectivity index (χ0) is 25.7. The lowest BCUT2D eigenvalue weighted by molar-refractivity contribution is -0.135. The second kappa shape index (κ2) is 11.3. The van der Waals surface area contributed by atoms with E-state index in [0.29, 0.717) is 35.8 Å². The van der Waals surface area contributed by atoms with Crippen LogP contribution in [0.5, 0.6) is 17.2 Å². The van der Waals surface area contributed by atoms with Crippen molar-refractivity contribution in [3.05, 3.63) is 47.8 Å². The van der Waals surface area contributed by atoms with E-state index in [1.54, 1.807) is 12.1 Å². The number of aromatic nitrogens is 2. The molecule has 9 nitrogen and oxygen atoms in total. The Balaban J connectivity index is 1.49. The van der Waals surface area contributed by atoms with Crippen molar-refractivity contribution in [3.63, 3.8) is 0 Å². The minimum absolute atomic E-state index is 0.105. The molecule has 1 aliphatic heterocycles. The number of methoxy groups -OCH3 is 3. The summed E-state index contributed by atoms with van der Waals surface area (Å²) in [4.78, 5) is 32.8. The molecule has 2 amide bonds. The van der Waals surface area contributed by atoms with Gasteiger partial charge in [-0.05, 0) is 50.5 Å². The molecular formula is C27H34N4O5. The fourth-order valence-corrected chi connectivity index (χ4v) is 4.79. The molecule has 1 saturated heterocycles. The van der Waals surface area contributed by atoms with Crippen LogP contribution in [0.1, 0.15) is 42.4 Å². The quantitative estimate of drug-likeness (QED) is 0.490. The van der Waals surface area contributed by atoms with Crippen molar-refractivity contribution in [3.8, 4) is 17.2 Å². The first-order valence-electron chi connectivity index (χ1n) is 12.3. The monoisotopic (exact) mass is 494 g/mol. The zero-order valence-electron chi connectivity index (χ0n) is 21.4. The number of amides is 2. The first-order valence-corrected chi connectivity index (χ1v) is 12.3. The highest BCUT2D eigenvalue weighted by molar-refractivity contribution is 5.95.